The van der Waals surface area contributed by atoms with Crippen molar-refractivity contribution >= 4 is 39.5 Å². The fourth-order valence-corrected chi connectivity index (χ4v) is 3.09. The van der Waals surface area contributed by atoms with E-state index in [1.54, 1.807) is 0 Å². The standard InChI is InChI=1S/C14H17ClN2.BrH/c1-17-7-5-10(6-8-17)11-9-16-13-4-2-3-12(15)14(11)13;/h2-4,9-10,16H,5-8H2,1H3;1H. The van der Waals surface area contributed by atoms with Gasteiger partial charge < -0.3 is 9.88 Å². The number of nitrogens with one attached hydrogen (secondary N) is 1. The van der Waals surface area contributed by atoms with Crippen molar-refractivity contribution in [2.24, 2.45) is 0 Å². The first kappa shape index (κ1) is 13.9. The van der Waals surface area contributed by atoms with Crippen LogP contribution in [0.2, 0.25) is 5.02 Å². The van der Waals surface area contributed by atoms with Crippen molar-refractivity contribution in [2.45, 2.75) is 18.8 Å². The van der Waals surface area contributed by atoms with Gasteiger partial charge in [-0.25, -0.2) is 0 Å². The molecular formula is C14H18BrClN2. The van der Waals surface area contributed by atoms with Gasteiger partial charge in [-0.3, -0.25) is 0 Å². The van der Waals surface area contributed by atoms with E-state index in [9.17, 15) is 0 Å². The lowest BCUT2D eigenvalue weighted by Gasteiger charge is -2.28. The largest absolute Gasteiger partial charge is 0.361 e. The van der Waals surface area contributed by atoms with Crippen molar-refractivity contribution in [2.75, 3.05) is 20.1 Å². The summed E-state index contributed by atoms with van der Waals surface area (Å²) < 4.78 is 0. The number of nitrogens with zero attached hydrogens (tertiary/aromatic N) is 1. The smallest absolute Gasteiger partial charge is 0.0502 e. The Hall–Kier alpha value is -0.510. The number of benzene rings is 1. The molecule has 4 heteroatoms. The average molecular weight is 330 g/mol. The van der Waals surface area contributed by atoms with Crippen molar-refractivity contribution < 1.29 is 0 Å². The van der Waals surface area contributed by atoms with E-state index in [0.717, 1.165) is 10.5 Å². The number of aromatic amines is 1. The fraction of sp³-hybridized carbons (Fsp3) is 0.429. The van der Waals surface area contributed by atoms with E-state index < -0.39 is 0 Å². The molecule has 0 bridgehead atoms. The second-order valence-electron chi connectivity index (χ2n) is 4.98. The Balaban J connectivity index is 0.00000120. The lowest BCUT2D eigenvalue weighted by molar-refractivity contribution is 0.256. The summed E-state index contributed by atoms with van der Waals surface area (Å²) in [6, 6.07) is 6.08. The Bertz CT molecular complexity index is 530. The highest BCUT2D eigenvalue weighted by atomic mass is 79.9. The van der Waals surface area contributed by atoms with Gasteiger partial charge in [0.05, 0.1) is 5.02 Å². The van der Waals surface area contributed by atoms with E-state index in [2.05, 4.69) is 29.2 Å². The molecule has 1 saturated heterocycles. The van der Waals surface area contributed by atoms with Crippen LogP contribution in [0, 0.1) is 0 Å². The van der Waals surface area contributed by atoms with Crippen LogP contribution in [0.25, 0.3) is 10.9 Å². The van der Waals surface area contributed by atoms with Crippen LogP contribution in [0.1, 0.15) is 24.3 Å². The van der Waals surface area contributed by atoms with Crippen molar-refractivity contribution in [3.05, 3.63) is 35.0 Å². The van der Waals surface area contributed by atoms with Gasteiger partial charge >= 0.3 is 0 Å². The Kier molecular flexibility index (Phi) is 4.36. The van der Waals surface area contributed by atoms with E-state index in [0.29, 0.717) is 5.92 Å². The van der Waals surface area contributed by atoms with Crippen molar-refractivity contribution in [1.82, 2.24) is 9.88 Å². The summed E-state index contributed by atoms with van der Waals surface area (Å²) in [7, 11) is 2.19. The Morgan fingerprint density at radius 1 is 1.28 bits per heavy atom. The molecule has 0 spiro atoms. The molecule has 1 N–H and O–H groups in total. The predicted molar refractivity (Wildman–Crippen MR) is 83.1 cm³/mol. The summed E-state index contributed by atoms with van der Waals surface area (Å²) in [5.74, 6) is 0.653. The molecule has 0 amide bonds. The maximum atomic E-state index is 6.32. The minimum atomic E-state index is 0. The zero-order valence-electron chi connectivity index (χ0n) is 10.4. The molecule has 2 aromatic rings. The van der Waals surface area contributed by atoms with E-state index >= 15 is 0 Å². The summed E-state index contributed by atoms with van der Waals surface area (Å²) >= 11 is 6.32. The first-order valence-electron chi connectivity index (χ1n) is 6.20. The highest BCUT2D eigenvalue weighted by Crippen LogP contribution is 2.36. The van der Waals surface area contributed by atoms with Crippen LogP contribution in [0.5, 0.6) is 0 Å². The quantitative estimate of drug-likeness (QED) is 0.830. The van der Waals surface area contributed by atoms with Gasteiger partial charge in [0.25, 0.3) is 0 Å². The van der Waals surface area contributed by atoms with Crippen LogP contribution < -0.4 is 0 Å². The van der Waals surface area contributed by atoms with Crippen LogP contribution in [0.4, 0.5) is 0 Å². The number of H-pyrrole nitrogens is 1. The van der Waals surface area contributed by atoms with Gasteiger partial charge in [0.2, 0.25) is 0 Å². The van der Waals surface area contributed by atoms with Gasteiger partial charge in [0.15, 0.2) is 0 Å². The second-order valence-corrected chi connectivity index (χ2v) is 5.39. The molecule has 2 nitrogen and oxygen atoms in total. The average Bonchev–Trinajstić information content (AvgIpc) is 2.75. The van der Waals surface area contributed by atoms with E-state index in [1.807, 2.05) is 12.1 Å². The molecule has 0 unspecified atom stereocenters. The summed E-state index contributed by atoms with van der Waals surface area (Å²) in [5, 5.41) is 2.10. The molecule has 18 heavy (non-hydrogen) atoms. The third-order valence-electron chi connectivity index (χ3n) is 3.84. The Morgan fingerprint density at radius 3 is 2.72 bits per heavy atom. The molecule has 0 radical (unpaired) electrons. The number of hydrogen-bond acceptors (Lipinski definition) is 1. The number of aromatic nitrogens is 1. The van der Waals surface area contributed by atoms with Gasteiger partial charge in [-0.1, -0.05) is 17.7 Å². The second kappa shape index (κ2) is 5.64. The molecular weight excluding hydrogens is 312 g/mol. The highest BCUT2D eigenvalue weighted by molar-refractivity contribution is 8.93. The molecule has 3 rings (SSSR count). The van der Waals surface area contributed by atoms with Crippen molar-refractivity contribution in [3.8, 4) is 0 Å². The summed E-state index contributed by atoms with van der Waals surface area (Å²) in [4.78, 5) is 5.74. The molecule has 1 aromatic carbocycles. The fourth-order valence-electron chi connectivity index (χ4n) is 2.81. The summed E-state index contributed by atoms with van der Waals surface area (Å²) in [6.07, 6.45) is 4.61. The third-order valence-corrected chi connectivity index (χ3v) is 4.16. The molecule has 0 saturated carbocycles. The first-order valence-corrected chi connectivity index (χ1v) is 6.57. The molecule has 1 fully saturated rings. The minimum absolute atomic E-state index is 0. The van der Waals surface area contributed by atoms with Crippen LogP contribution >= 0.6 is 28.6 Å². The SMILES string of the molecule is Br.CN1CCC(c2c[nH]c3cccc(Cl)c23)CC1. The highest BCUT2D eigenvalue weighted by Gasteiger charge is 2.21. The van der Waals surface area contributed by atoms with Crippen molar-refractivity contribution in [1.29, 1.82) is 0 Å². The molecule has 1 aromatic heterocycles. The monoisotopic (exact) mass is 328 g/mol. The predicted octanol–water partition coefficient (Wildman–Crippen LogP) is 4.21. The van der Waals surface area contributed by atoms with Gasteiger partial charge in [-0.15, -0.1) is 17.0 Å². The molecule has 98 valence electrons. The molecule has 1 aliphatic rings. The maximum Gasteiger partial charge on any atom is 0.0502 e. The van der Waals surface area contributed by atoms with Crippen LogP contribution in [-0.2, 0) is 0 Å². The number of halogens is 2. The van der Waals surface area contributed by atoms with Gasteiger partial charge in [0, 0.05) is 17.1 Å². The molecule has 0 atom stereocenters. The van der Waals surface area contributed by atoms with Crippen molar-refractivity contribution in [3.63, 3.8) is 0 Å². The number of rotatable bonds is 1. The molecule has 0 aliphatic carbocycles. The maximum absolute atomic E-state index is 6.32. The molecule has 1 aliphatic heterocycles. The van der Waals surface area contributed by atoms with Gasteiger partial charge in [-0.2, -0.15) is 0 Å². The molecule has 2 heterocycles. The van der Waals surface area contributed by atoms with E-state index in [4.69, 9.17) is 11.6 Å². The summed E-state index contributed by atoms with van der Waals surface area (Å²) in [6.45, 7) is 2.36. The first-order chi connectivity index (χ1) is 8.25. The van der Waals surface area contributed by atoms with Crippen LogP contribution in [-0.4, -0.2) is 30.0 Å². The summed E-state index contributed by atoms with van der Waals surface area (Å²) in [5.41, 5.74) is 2.56. The van der Waals surface area contributed by atoms with Crippen LogP contribution in [0.15, 0.2) is 24.4 Å². The lowest BCUT2D eigenvalue weighted by Crippen LogP contribution is -2.29. The van der Waals surface area contributed by atoms with Gasteiger partial charge in [0.1, 0.15) is 0 Å². The number of likely N-dealkylation sites (tertiary alicyclic amines) is 1. The zero-order chi connectivity index (χ0) is 11.8. The number of piperidine rings is 1. The number of fused-ring (bicyclic) bond motifs is 1. The van der Waals surface area contributed by atoms with E-state index in [1.165, 1.54) is 36.9 Å². The van der Waals surface area contributed by atoms with E-state index in [-0.39, 0.29) is 17.0 Å². The normalized spacial score (nSPS) is 17.9. The third kappa shape index (κ3) is 2.44. The van der Waals surface area contributed by atoms with Gasteiger partial charge in [-0.05, 0) is 56.6 Å². The Labute approximate surface area is 123 Å². The lowest BCUT2D eigenvalue weighted by atomic mass is 9.89. The zero-order valence-corrected chi connectivity index (χ0v) is 12.9. The van der Waals surface area contributed by atoms with Crippen LogP contribution in [0.3, 0.4) is 0 Å². The topological polar surface area (TPSA) is 19.0 Å². The minimum Gasteiger partial charge on any atom is -0.361 e. The number of hydrogen-bond donors (Lipinski definition) is 1. The Morgan fingerprint density at radius 2 is 2.00 bits per heavy atom.